The van der Waals surface area contributed by atoms with E-state index < -0.39 is 21.4 Å². The van der Waals surface area contributed by atoms with Crippen molar-refractivity contribution in [3.05, 3.63) is 78.3 Å². The third-order valence-electron chi connectivity index (χ3n) is 4.82. The number of Topliss-reactive ketones (excluding diaryl/α,β-unsaturated/α-hetero) is 1. The smallest absolute Gasteiger partial charge is 0.212 e. The van der Waals surface area contributed by atoms with E-state index in [1.165, 1.54) is 6.07 Å². The highest BCUT2D eigenvalue weighted by Crippen LogP contribution is 2.31. The van der Waals surface area contributed by atoms with Crippen molar-refractivity contribution in [1.29, 1.82) is 0 Å². The minimum atomic E-state index is -3.42. The predicted octanol–water partition coefficient (Wildman–Crippen LogP) is 4.19. The van der Waals surface area contributed by atoms with Gasteiger partial charge in [0.25, 0.3) is 0 Å². The Hall–Kier alpha value is -3.32. The number of benzene rings is 2. The zero-order chi connectivity index (χ0) is 21.3. The molecule has 154 valence electrons. The number of carbonyl (C=O) groups excluding carboxylic acids is 1. The van der Waals surface area contributed by atoms with Gasteiger partial charge >= 0.3 is 0 Å². The highest BCUT2D eigenvalue weighted by molar-refractivity contribution is 7.91. The number of furan rings is 1. The SMILES string of the molecule is COc1ccc2c(c1)cc(-c1ccccc1)n2Cc1ccc(C(=O)CS(C)(=O)=O)o1. The van der Waals surface area contributed by atoms with Crippen LogP contribution in [0.25, 0.3) is 22.2 Å². The third kappa shape index (κ3) is 4.16. The standard InChI is InChI=1S/C23H21NO5S/c1-28-18-8-10-20-17(12-18)13-21(16-6-4-3-5-7-16)24(20)14-19-9-11-23(29-19)22(25)15-30(2,26)27/h3-13H,14-15H2,1-2H3. The number of hydrogen-bond acceptors (Lipinski definition) is 5. The Kier molecular flexibility index (Phi) is 5.22. The first-order valence-electron chi connectivity index (χ1n) is 9.36. The first kappa shape index (κ1) is 20.0. The minimum absolute atomic E-state index is 0.0508. The number of nitrogens with zero attached hydrogens (tertiary/aromatic N) is 1. The maximum absolute atomic E-state index is 12.2. The molecule has 0 atom stereocenters. The lowest BCUT2D eigenvalue weighted by Gasteiger charge is -2.10. The van der Waals surface area contributed by atoms with Crippen LogP contribution in [-0.2, 0) is 16.4 Å². The van der Waals surface area contributed by atoms with Gasteiger partial charge in [-0.05, 0) is 42.0 Å². The topological polar surface area (TPSA) is 78.5 Å². The summed E-state index contributed by atoms with van der Waals surface area (Å²) < 4.78 is 35.9. The van der Waals surface area contributed by atoms with Crippen molar-refractivity contribution in [1.82, 2.24) is 4.57 Å². The van der Waals surface area contributed by atoms with Crippen molar-refractivity contribution in [2.24, 2.45) is 0 Å². The van der Waals surface area contributed by atoms with Gasteiger partial charge in [0.05, 0.1) is 13.7 Å². The number of hydrogen-bond donors (Lipinski definition) is 0. The van der Waals surface area contributed by atoms with Crippen molar-refractivity contribution >= 4 is 26.5 Å². The van der Waals surface area contributed by atoms with Gasteiger partial charge in [-0.3, -0.25) is 4.79 Å². The number of ether oxygens (including phenoxy) is 1. The summed E-state index contributed by atoms with van der Waals surface area (Å²) in [5.74, 6) is 0.272. The summed E-state index contributed by atoms with van der Waals surface area (Å²) in [7, 11) is -1.78. The molecule has 0 amide bonds. The quantitative estimate of drug-likeness (QED) is 0.417. The number of ketones is 1. The van der Waals surface area contributed by atoms with E-state index in [1.54, 1.807) is 13.2 Å². The van der Waals surface area contributed by atoms with Gasteiger partial charge in [0, 0.05) is 22.9 Å². The molecule has 0 aliphatic heterocycles. The summed E-state index contributed by atoms with van der Waals surface area (Å²) in [6, 6.07) is 21.2. The van der Waals surface area contributed by atoms with Gasteiger partial charge in [0.15, 0.2) is 15.6 Å². The highest BCUT2D eigenvalue weighted by Gasteiger charge is 2.18. The fraction of sp³-hybridized carbons (Fsp3) is 0.174. The summed E-state index contributed by atoms with van der Waals surface area (Å²) >= 11 is 0. The van der Waals surface area contributed by atoms with Crippen molar-refractivity contribution in [3.8, 4) is 17.0 Å². The first-order valence-corrected chi connectivity index (χ1v) is 11.4. The lowest BCUT2D eigenvalue weighted by Crippen LogP contribution is -2.13. The first-order chi connectivity index (χ1) is 14.3. The predicted molar refractivity (Wildman–Crippen MR) is 116 cm³/mol. The van der Waals surface area contributed by atoms with Crippen LogP contribution in [-0.4, -0.2) is 37.9 Å². The Morgan fingerprint density at radius 3 is 2.50 bits per heavy atom. The summed E-state index contributed by atoms with van der Waals surface area (Å²) in [5, 5.41) is 1.02. The van der Waals surface area contributed by atoms with E-state index in [0.29, 0.717) is 12.3 Å². The van der Waals surface area contributed by atoms with E-state index >= 15 is 0 Å². The Morgan fingerprint density at radius 2 is 1.80 bits per heavy atom. The molecule has 0 aliphatic carbocycles. The molecule has 0 saturated carbocycles. The van der Waals surface area contributed by atoms with Crippen LogP contribution in [0.15, 0.2) is 71.1 Å². The van der Waals surface area contributed by atoms with Crippen LogP contribution in [0.2, 0.25) is 0 Å². The second kappa shape index (κ2) is 7.84. The van der Waals surface area contributed by atoms with Crippen LogP contribution in [0.3, 0.4) is 0 Å². The van der Waals surface area contributed by atoms with E-state index in [0.717, 1.165) is 34.2 Å². The summed E-state index contributed by atoms with van der Waals surface area (Å²) in [6.07, 6.45) is 1.03. The lowest BCUT2D eigenvalue weighted by atomic mass is 10.1. The third-order valence-corrected chi connectivity index (χ3v) is 5.61. The molecular weight excluding hydrogens is 402 g/mol. The second-order valence-corrected chi connectivity index (χ2v) is 9.31. The van der Waals surface area contributed by atoms with Crippen LogP contribution in [0.5, 0.6) is 5.75 Å². The van der Waals surface area contributed by atoms with Crippen LogP contribution in [0.4, 0.5) is 0 Å². The molecule has 30 heavy (non-hydrogen) atoms. The molecule has 4 rings (SSSR count). The molecule has 0 unspecified atom stereocenters. The zero-order valence-electron chi connectivity index (χ0n) is 16.7. The molecule has 0 fully saturated rings. The number of methoxy groups -OCH3 is 1. The lowest BCUT2D eigenvalue weighted by molar-refractivity contribution is 0.0989. The van der Waals surface area contributed by atoms with E-state index in [4.69, 9.17) is 9.15 Å². The fourth-order valence-corrected chi connectivity index (χ4v) is 4.09. The molecule has 0 saturated heterocycles. The van der Waals surface area contributed by atoms with Crippen LogP contribution >= 0.6 is 0 Å². The van der Waals surface area contributed by atoms with Crippen LogP contribution < -0.4 is 4.74 Å². The average molecular weight is 423 g/mol. The van der Waals surface area contributed by atoms with Crippen LogP contribution in [0.1, 0.15) is 16.3 Å². The summed E-state index contributed by atoms with van der Waals surface area (Å²) in [5.41, 5.74) is 3.04. The van der Waals surface area contributed by atoms with Crippen LogP contribution in [0, 0.1) is 0 Å². The molecule has 2 aromatic heterocycles. The minimum Gasteiger partial charge on any atom is -0.497 e. The van der Waals surface area contributed by atoms with Gasteiger partial charge in [-0.25, -0.2) is 8.42 Å². The van der Waals surface area contributed by atoms with Gasteiger partial charge in [-0.1, -0.05) is 30.3 Å². The van der Waals surface area contributed by atoms with Gasteiger partial charge < -0.3 is 13.7 Å². The van der Waals surface area contributed by atoms with E-state index in [-0.39, 0.29) is 5.76 Å². The molecule has 4 aromatic rings. The fourth-order valence-electron chi connectivity index (χ4n) is 3.47. The summed E-state index contributed by atoms with van der Waals surface area (Å²) in [4.78, 5) is 12.2. The maximum atomic E-state index is 12.2. The molecule has 0 aliphatic rings. The molecule has 2 heterocycles. The van der Waals surface area contributed by atoms with Crippen molar-refractivity contribution in [2.75, 3.05) is 19.1 Å². The normalized spacial score (nSPS) is 11.7. The summed E-state index contributed by atoms with van der Waals surface area (Å²) in [6.45, 7) is 0.395. The molecule has 0 bridgehead atoms. The Balaban J connectivity index is 1.74. The zero-order valence-corrected chi connectivity index (χ0v) is 17.5. The van der Waals surface area contributed by atoms with E-state index in [9.17, 15) is 13.2 Å². The van der Waals surface area contributed by atoms with Gasteiger partial charge in [0.2, 0.25) is 5.78 Å². The number of sulfone groups is 1. The van der Waals surface area contributed by atoms with Crippen molar-refractivity contribution in [3.63, 3.8) is 0 Å². The Labute approximate surface area is 174 Å². The Morgan fingerprint density at radius 1 is 1.03 bits per heavy atom. The largest absolute Gasteiger partial charge is 0.497 e. The average Bonchev–Trinajstić information content (AvgIpc) is 3.32. The monoisotopic (exact) mass is 423 g/mol. The van der Waals surface area contributed by atoms with Gasteiger partial charge in [0.1, 0.15) is 17.3 Å². The van der Waals surface area contributed by atoms with Crippen molar-refractivity contribution < 1.29 is 22.4 Å². The molecule has 0 spiro atoms. The van der Waals surface area contributed by atoms with Gasteiger partial charge in [-0.2, -0.15) is 0 Å². The maximum Gasteiger partial charge on any atom is 0.212 e. The molecular formula is C23H21NO5S. The molecule has 7 heteroatoms. The number of fused-ring (bicyclic) bond motifs is 1. The van der Waals surface area contributed by atoms with E-state index in [2.05, 4.69) is 10.6 Å². The Bertz CT molecular complexity index is 1320. The molecule has 0 N–H and O–H groups in total. The molecule has 0 radical (unpaired) electrons. The van der Waals surface area contributed by atoms with Crippen molar-refractivity contribution in [2.45, 2.75) is 6.54 Å². The molecule has 2 aromatic carbocycles. The number of carbonyl (C=O) groups is 1. The second-order valence-electron chi connectivity index (χ2n) is 7.17. The van der Waals surface area contributed by atoms with E-state index in [1.807, 2.05) is 48.5 Å². The highest BCUT2D eigenvalue weighted by atomic mass is 32.2. The number of aromatic nitrogens is 1. The molecule has 6 nitrogen and oxygen atoms in total. The van der Waals surface area contributed by atoms with Gasteiger partial charge in [-0.15, -0.1) is 0 Å². The number of rotatable bonds is 7.